The van der Waals surface area contributed by atoms with E-state index in [0.29, 0.717) is 6.42 Å². The Kier molecular flexibility index (Phi) is 5.44. The van der Waals surface area contributed by atoms with Gasteiger partial charge < -0.3 is 11.1 Å². The van der Waals surface area contributed by atoms with Gasteiger partial charge in [0, 0.05) is 12.3 Å². The molecule has 0 aliphatic heterocycles. The van der Waals surface area contributed by atoms with Crippen LogP contribution < -0.4 is 11.1 Å². The molecule has 0 rings (SSSR count). The predicted octanol–water partition coefficient (Wildman–Crippen LogP) is 1.48. The topological polar surface area (TPSA) is 55.1 Å². The molecule has 0 fully saturated rings. The van der Waals surface area contributed by atoms with E-state index < -0.39 is 17.0 Å². The lowest BCUT2D eigenvalue weighted by Gasteiger charge is -2.21. The summed E-state index contributed by atoms with van der Waals surface area (Å²) in [7, 11) is 0. The number of amides is 1. The first-order valence-corrected chi connectivity index (χ1v) is 5.45. The van der Waals surface area contributed by atoms with E-state index in [1.54, 1.807) is 13.8 Å². The van der Waals surface area contributed by atoms with Gasteiger partial charge in [-0.3, -0.25) is 4.79 Å². The molecule has 0 saturated carbocycles. The lowest BCUT2D eigenvalue weighted by Crippen LogP contribution is -2.51. The lowest BCUT2D eigenvalue weighted by atomic mass is 10.00. The number of carbonyl (C=O) groups excluding carboxylic acids is 1. The van der Waals surface area contributed by atoms with Crippen LogP contribution in [0.2, 0.25) is 0 Å². The molecular formula is C8H15F3N2OS. The monoisotopic (exact) mass is 244 g/mol. The van der Waals surface area contributed by atoms with Crippen LogP contribution >= 0.6 is 11.8 Å². The maximum Gasteiger partial charge on any atom is 0.441 e. The molecule has 0 spiro atoms. The van der Waals surface area contributed by atoms with Gasteiger partial charge in [-0.25, -0.2) is 0 Å². The van der Waals surface area contributed by atoms with Crippen molar-refractivity contribution < 1.29 is 18.0 Å². The Morgan fingerprint density at radius 3 is 2.40 bits per heavy atom. The molecule has 3 nitrogen and oxygen atoms in total. The summed E-state index contributed by atoms with van der Waals surface area (Å²) in [4.78, 5) is 11.3. The van der Waals surface area contributed by atoms with Gasteiger partial charge in [-0.1, -0.05) is 6.92 Å². The molecular weight excluding hydrogens is 229 g/mol. The van der Waals surface area contributed by atoms with Crippen LogP contribution in [0, 0.1) is 0 Å². The van der Waals surface area contributed by atoms with Gasteiger partial charge in [0.2, 0.25) is 5.91 Å². The number of nitrogens with one attached hydrogen (secondary N) is 1. The van der Waals surface area contributed by atoms with E-state index in [1.807, 2.05) is 0 Å². The largest absolute Gasteiger partial charge is 0.441 e. The normalized spacial score (nSPS) is 15.9. The predicted molar refractivity (Wildman–Crippen MR) is 54.4 cm³/mol. The van der Waals surface area contributed by atoms with E-state index in [1.165, 1.54) is 0 Å². The first-order chi connectivity index (χ1) is 6.69. The van der Waals surface area contributed by atoms with E-state index in [-0.39, 0.29) is 24.1 Å². The number of hydrogen-bond donors (Lipinski definition) is 2. The summed E-state index contributed by atoms with van der Waals surface area (Å²) in [5.74, 6) is -0.623. The SMILES string of the molecule is CCC(C)(N)C(=O)NCCSC(F)(F)F. The summed E-state index contributed by atoms with van der Waals surface area (Å²) in [5, 5.41) is 2.36. The van der Waals surface area contributed by atoms with E-state index in [2.05, 4.69) is 5.32 Å². The summed E-state index contributed by atoms with van der Waals surface area (Å²) in [6.07, 6.45) is 0.436. The molecule has 0 saturated heterocycles. The van der Waals surface area contributed by atoms with Crippen molar-refractivity contribution in [2.75, 3.05) is 12.3 Å². The highest BCUT2D eigenvalue weighted by Crippen LogP contribution is 2.29. The highest BCUT2D eigenvalue weighted by Gasteiger charge is 2.28. The van der Waals surface area contributed by atoms with Crippen molar-refractivity contribution in [3.8, 4) is 0 Å². The molecule has 0 heterocycles. The van der Waals surface area contributed by atoms with E-state index in [0.717, 1.165) is 0 Å². The van der Waals surface area contributed by atoms with Crippen molar-refractivity contribution in [2.45, 2.75) is 31.3 Å². The zero-order valence-electron chi connectivity index (χ0n) is 8.65. The average Bonchev–Trinajstić information content (AvgIpc) is 2.10. The van der Waals surface area contributed by atoms with Crippen LogP contribution in [0.5, 0.6) is 0 Å². The summed E-state index contributed by atoms with van der Waals surface area (Å²) < 4.78 is 35.1. The smallest absolute Gasteiger partial charge is 0.354 e. The standard InChI is InChI=1S/C8H15F3N2OS/c1-3-7(2,12)6(14)13-4-5-15-8(9,10)11/h3-5,12H2,1-2H3,(H,13,14). The molecule has 3 N–H and O–H groups in total. The highest BCUT2D eigenvalue weighted by atomic mass is 32.2. The Morgan fingerprint density at radius 2 is 2.00 bits per heavy atom. The van der Waals surface area contributed by atoms with E-state index in [4.69, 9.17) is 5.73 Å². The summed E-state index contributed by atoms with van der Waals surface area (Å²) >= 11 is -0.162. The molecule has 7 heteroatoms. The third kappa shape index (κ3) is 6.62. The molecule has 0 aliphatic rings. The number of thioether (sulfide) groups is 1. The second-order valence-corrected chi connectivity index (χ2v) is 4.48. The quantitative estimate of drug-likeness (QED) is 0.720. The van der Waals surface area contributed by atoms with Crippen molar-refractivity contribution in [2.24, 2.45) is 5.73 Å². The molecule has 0 radical (unpaired) electrons. The fraction of sp³-hybridized carbons (Fsp3) is 0.875. The maximum atomic E-state index is 11.7. The Labute approximate surface area is 91.0 Å². The van der Waals surface area contributed by atoms with Crippen LogP contribution in [0.3, 0.4) is 0 Å². The minimum atomic E-state index is -4.25. The van der Waals surface area contributed by atoms with Gasteiger partial charge in [-0.15, -0.1) is 0 Å². The van der Waals surface area contributed by atoms with Crippen LogP contribution in [-0.4, -0.2) is 29.3 Å². The van der Waals surface area contributed by atoms with Crippen molar-refractivity contribution in [1.82, 2.24) is 5.32 Å². The van der Waals surface area contributed by atoms with Crippen molar-refractivity contribution in [3.63, 3.8) is 0 Å². The van der Waals surface area contributed by atoms with Crippen molar-refractivity contribution in [1.29, 1.82) is 0 Å². The fourth-order valence-corrected chi connectivity index (χ4v) is 1.13. The number of carbonyl (C=O) groups is 1. The number of hydrogen-bond acceptors (Lipinski definition) is 3. The second-order valence-electron chi connectivity index (χ2n) is 3.32. The minimum absolute atomic E-state index is 0.0319. The molecule has 1 unspecified atom stereocenters. The minimum Gasteiger partial charge on any atom is -0.354 e. The van der Waals surface area contributed by atoms with Gasteiger partial charge in [-0.2, -0.15) is 13.2 Å². The van der Waals surface area contributed by atoms with Gasteiger partial charge in [0.15, 0.2) is 0 Å². The first kappa shape index (κ1) is 14.6. The molecule has 1 amide bonds. The molecule has 0 aromatic heterocycles. The maximum absolute atomic E-state index is 11.7. The van der Waals surface area contributed by atoms with Gasteiger partial charge in [0.1, 0.15) is 0 Å². The number of rotatable bonds is 5. The highest BCUT2D eigenvalue weighted by molar-refractivity contribution is 8.00. The summed E-state index contributed by atoms with van der Waals surface area (Å²) in [6.45, 7) is 3.25. The number of alkyl halides is 3. The molecule has 0 aromatic carbocycles. The van der Waals surface area contributed by atoms with Crippen LogP contribution in [-0.2, 0) is 4.79 Å². The third-order valence-corrected chi connectivity index (χ3v) is 2.64. The molecule has 90 valence electrons. The summed E-state index contributed by atoms with van der Waals surface area (Å²) in [6, 6.07) is 0. The Bertz CT molecular complexity index is 218. The zero-order chi connectivity index (χ0) is 12.1. The number of nitrogens with two attached hydrogens (primary N) is 1. The zero-order valence-corrected chi connectivity index (χ0v) is 9.47. The van der Waals surface area contributed by atoms with Crippen LogP contribution in [0.1, 0.15) is 20.3 Å². The summed E-state index contributed by atoms with van der Waals surface area (Å²) in [5.41, 5.74) is 0.327. The van der Waals surface area contributed by atoms with Gasteiger partial charge in [0.25, 0.3) is 0 Å². The van der Waals surface area contributed by atoms with Gasteiger partial charge >= 0.3 is 5.51 Å². The molecule has 1 atom stereocenters. The first-order valence-electron chi connectivity index (χ1n) is 4.47. The average molecular weight is 244 g/mol. The Morgan fingerprint density at radius 1 is 1.47 bits per heavy atom. The molecule has 0 aromatic rings. The third-order valence-electron chi connectivity index (χ3n) is 1.91. The number of halogens is 3. The lowest BCUT2D eigenvalue weighted by molar-refractivity contribution is -0.125. The molecule has 15 heavy (non-hydrogen) atoms. The second kappa shape index (κ2) is 5.60. The molecule has 0 bridgehead atoms. The Balaban J connectivity index is 3.74. The van der Waals surface area contributed by atoms with Crippen molar-refractivity contribution >= 4 is 17.7 Å². The molecule has 0 aliphatic carbocycles. The van der Waals surface area contributed by atoms with Gasteiger partial charge in [0.05, 0.1) is 5.54 Å². The van der Waals surface area contributed by atoms with Crippen LogP contribution in [0.25, 0.3) is 0 Å². The Hall–Kier alpha value is -0.430. The van der Waals surface area contributed by atoms with E-state index in [9.17, 15) is 18.0 Å². The van der Waals surface area contributed by atoms with Crippen LogP contribution in [0.4, 0.5) is 13.2 Å². The van der Waals surface area contributed by atoms with Crippen molar-refractivity contribution in [3.05, 3.63) is 0 Å². The van der Waals surface area contributed by atoms with Gasteiger partial charge in [-0.05, 0) is 25.1 Å². The fourth-order valence-electron chi connectivity index (χ4n) is 0.694. The van der Waals surface area contributed by atoms with Crippen LogP contribution in [0.15, 0.2) is 0 Å². The van der Waals surface area contributed by atoms with E-state index >= 15 is 0 Å².